The number of para-hydroxylation sites is 1. The first-order valence-electron chi connectivity index (χ1n) is 6.83. The second-order valence-corrected chi connectivity index (χ2v) is 5.36. The molecule has 0 aromatic heterocycles. The lowest BCUT2D eigenvalue weighted by atomic mass is 10.0. The van der Waals surface area contributed by atoms with E-state index in [0.29, 0.717) is 5.69 Å². The highest BCUT2D eigenvalue weighted by molar-refractivity contribution is 5.56. The Morgan fingerprint density at radius 1 is 1.26 bits per heavy atom. The van der Waals surface area contributed by atoms with Gasteiger partial charge in [-0.25, -0.2) is 4.39 Å². The third-order valence-corrected chi connectivity index (χ3v) is 3.30. The summed E-state index contributed by atoms with van der Waals surface area (Å²) in [5.74, 6) is -0.192. The van der Waals surface area contributed by atoms with E-state index < -0.39 is 0 Å². The van der Waals surface area contributed by atoms with Crippen LogP contribution in [-0.2, 0) is 0 Å². The number of likely N-dealkylation sites (N-methyl/N-ethyl adjacent to an activating group) is 2. The second-order valence-electron chi connectivity index (χ2n) is 5.36. The summed E-state index contributed by atoms with van der Waals surface area (Å²) < 4.78 is 14.2. The van der Waals surface area contributed by atoms with Gasteiger partial charge in [0.15, 0.2) is 0 Å². The fraction of sp³-hybridized carbons (Fsp3) is 0.600. The van der Waals surface area contributed by atoms with Gasteiger partial charge in [0, 0.05) is 25.2 Å². The van der Waals surface area contributed by atoms with Crippen LogP contribution < -0.4 is 10.6 Å². The van der Waals surface area contributed by atoms with E-state index in [2.05, 4.69) is 16.7 Å². The molecule has 4 heteroatoms. The zero-order valence-electron chi connectivity index (χ0n) is 12.7. The molecule has 0 saturated heterocycles. The standard InChI is InChI=1S/C15H26FN3/c1-6-19(11(2)10-18(4)5)15-13(12(3)17)8-7-9-14(15)16/h7-9,11-12H,6,10,17H2,1-5H3/t11?,12-/m1/s1. The van der Waals surface area contributed by atoms with E-state index in [4.69, 9.17) is 5.73 Å². The third kappa shape index (κ3) is 3.91. The largest absolute Gasteiger partial charge is 0.365 e. The maximum absolute atomic E-state index is 14.2. The lowest BCUT2D eigenvalue weighted by Crippen LogP contribution is -2.41. The Hall–Kier alpha value is -1.13. The number of rotatable bonds is 6. The molecule has 0 aliphatic rings. The number of hydrogen-bond donors (Lipinski definition) is 1. The van der Waals surface area contributed by atoms with Crippen LogP contribution in [-0.4, -0.2) is 38.1 Å². The van der Waals surface area contributed by atoms with Crippen LogP contribution in [0.2, 0.25) is 0 Å². The predicted octanol–water partition coefficient (Wildman–Crippen LogP) is 2.62. The van der Waals surface area contributed by atoms with E-state index in [0.717, 1.165) is 18.7 Å². The molecule has 1 aromatic carbocycles. The van der Waals surface area contributed by atoms with Crippen molar-refractivity contribution in [1.82, 2.24) is 4.90 Å². The fourth-order valence-corrected chi connectivity index (χ4v) is 2.52. The Balaban J connectivity index is 3.17. The third-order valence-electron chi connectivity index (χ3n) is 3.30. The molecular weight excluding hydrogens is 241 g/mol. The van der Waals surface area contributed by atoms with Gasteiger partial charge in [0.2, 0.25) is 0 Å². The van der Waals surface area contributed by atoms with Gasteiger partial charge in [-0.2, -0.15) is 0 Å². The van der Waals surface area contributed by atoms with E-state index in [9.17, 15) is 4.39 Å². The van der Waals surface area contributed by atoms with Gasteiger partial charge < -0.3 is 15.5 Å². The maximum atomic E-state index is 14.2. The van der Waals surface area contributed by atoms with Crippen molar-refractivity contribution < 1.29 is 4.39 Å². The van der Waals surface area contributed by atoms with E-state index in [-0.39, 0.29) is 17.9 Å². The molecule has 0 heterocycles. The molecule has 108 valence electrons. The summed E-state index contributed by atoms with van der Waals surface area (Å²) in [5.41, 5.74) is 7.49. The molecule has 0 aliphatic heterocycles. The number of nitrogens with zero attached hydrogens (tertiary/aromatic N) is 2. The topological polar surface area (TPSA) is 32.5 Å². The summed E-state index contributed by atoms with van der Waals surface area (Å²) in [7, 11) is 4.05. The average molecular weight is 267 g/mol. The minimum absolute atomic E-state index is 0.175. The quantitative estimate of drug-likeness (QED) is 0.860. The molecule has 0 amide bonds. The molecule has 3 nitrogen and oxygen atoms in total. The monoisotopic (exact) mass is 267 g/mol. The van der Waals surface area contributed by atoms with Crippen molar-refractivity contribution in [3.8, 4) is 0 Å². The van der Waals surface area contributed by atoms with Crippen molar-refractivity contribution in [3.63, 3.8) is 0 Å². The van der Waals surface area contributed by atoms with Gasteiger partial charge in [0.1, 0.15) is 5.82 Å². The van der Waals surface area contributed by atoms with E-state index >= 15 is 0 Å². The summed E-state index contributed by atoms with van der Waals surface area (Å²) in [6.07, 6.45) is 0. The van der Waals surface area contributed by atoms with Crippen molar-refractivity contribution in [1.29, 1.82) is 0 Å². The van der Waals surface area contributed by atoms with Crippen LogP contribution in [0, 0.1) is 5.82 Å². The molecule has 0 aliphatic carbocycles. The lowest BCUT2D eigenvalue weighted by Gasteiger charge is -2.34. The summed E-state index contributed by atoms with van der Waals surface area (Å²) in [5, 5.41) is 0. The zero-order valence-corrected chi connectivity index (χ0v) is 12.7. The SMILES string of the molecule is CCN(c1c(F)cccc1[C@@H](C)N)C(C)CN(C)C. The van der Waals surface area contributed by atoms with Crippen LogP contribution in [0.3, 0.4) is 0 Å². The Bertz CT molecular complexity index is 404. The van der Waals surface area contributed by atoms with Crippen LogP contribution in [0.15, 0.2) is 18.2 Å². The Morgan fingerprint density at radius 2 is 1.89 bits per heavy atom. The summed E-state index contributed by atoms with van der Waals surface area (Å²) in [6, 6.07) is 5.20. The Labute approximate surface area is 116 Å². The van der Waals surface area contributed by atoms with Gasteiger partial charge in [-0.1, -0.05) is 12.1 Å². The lowest BCUT2D eigenvalue weighted by molar-refractivity contribution is 0.371. The van der Waals surface area contributed by atoms with Gasteiger partial charge in [0.25, 0.3) is 0 Å². The highest BCUT2D eigenvalue weighted by Gasteiger charge is 2.21. The van der Waals surface area contributed by atoms with Gasteiger partial charge in [-0.05, 0) is 46.5 Å². The molecule has 0 bridgehead atoms. The van der Waals surface area contributed by atoms with Crippen LogP contribution in [0.4, 0.5) is 10.1 Å². The van der Waals surface area contributed by atoms with Gasteiger partial charge >= 0.3 is 0 Å². The molecule has 1 rings (SSSR count). The molecule has 0 radical (unpaired) electrons. The Morgan fingerprint density at radius 3 is 2.37 bits per heavy atom. The highest BCUT2D eigenvalue weighted by atomic mass is 19.1. The number of hydrogen-bond acceptors (Lipinski definition) is 3. The van der Waals surface area contributed by atoms with E-state index in [1.165, 1.54) is 6.07 Å². The van der Waals surface area contributed by atoms with Gasteiger partial charge in [-0.15, -0.1) is 0 Å². The number of nitrogens with two attached hydrogens (primary N) is 1. The van der Waals surface area contributed by atoms with E-state index in [1.54, 1.807) is 6.07 Å². The van der Waals surface area contributed by atoms with Crippen molar-refractivity contribution in [2.45, 2.75) is 32.9 Å². The predicted molar refractivity (Wildman–Crippen MR) is 80.0 cm³/mol. The summed E-state index contributed by atoms with van der Waals surface area (Å²) in [6.45, 7) is 7.68. The number of halogens is 1. The number of anilines is 1. The normalized spacial score (nSPS) is 14.5. The molecule has 2 atom stereocenters. The first kappa shape index (κ1) is 15.9. The molecule has 0 spiro atoms. The molecule has 0 saturated carbocycles. The molecule has 1 unspecified atom stereocenters. The second kappa shape index (κ2) is 6.87. The zero-order chi connectivity index (χ0) is 14.6. The molecule has 2 N–H and O–H groups in total. The van der Waals surface area contributed by atoms with Crippen molar-refractivity contribution in [2.75, 3.05) is 32.1 Å². The summed E-state index contributed by atoms with van der Waals surface area (Å²) >= 11 is 0. The van der Waals surface area contributed by atoms with Gasteiger partial charge in [0.05, 0.1) is 5.69 Å². The van der Waals surface area contributed by atoms with Crippen LogP contribution in [0.25, 0.3) is 0 Å². The molecular formula is C15H26FN3. The molecule has 19 heavy (non-hydrogen) atoms. The van der Waals surface area contributed by atoms with E-state index in [1.807, 2.05) is 34.0 Å². The van der Waals surface area contributed by atoms with Crippen molar-refractivity contribution in [2.24, 2.45) is 5.73 Å². The Kier molecular flexibility index (Phi) is 5.76. The highest BCUT2D eigenvalue weighted by Crippen LogP contribution is 2.29. The first-order valence-corrected chi connectivity index (χ1v) is 6.83. The number of benzene rings is 1. The van der Waals surface area contributed by atoms with Crippen molar-refractivity contribution in [3.05, 3.63) is 29.6 Å². The van der Waals surface area contributed by atoms with Crippen LogP contribution in [0.1, 0.15) is 32.4 Å². The van der Waals surface area contributed by atoms with Crippen LogP contribution >= 0.6 is 0 Å². The summed E-state index contributed by atoms with van der Waals surface area (Å²) in [4.78, 5) is 4.20. The molecule has 0 fully saturated rings. The average Bonchev–Trinajstić information content (AvgIpc) is 2.30. The first-order chi connectivity index (χ1) is 8.88. The smallest absolute Gasteiger partial charge is 0.146 e. The molecule has 1 aromatic rings. The van der Waals surface area contributed by atoms with Crippen molar-refractivity contribution >= 4 is 5.69 Å². The fourth-order valence-electron chi connectivity index (χ4n) is 2.52. The van der Waals surface area contributed by atoms with Gasteiger partial charge in [-0.3, -0.25) is 0 Å². The minimum Gasteiger partial charge on any atom is -0.365 e. The van der Waals surface area contributed by atoms with Crippen LogP contribution in [0.5, 0.6) is 0 Å². The maximum Gasteiger partial charge on any atom is 0.146 e. The minimum atomic E-state index is -0.192.